The summed E-state index contributed by atoms with van der Waals surface area (Å²) in [6, 6.07) is 0. The Balaban J connectivity index is 4.18. The highest BCUT2D eigenvalue weighted by Gasteiger charge is 1.94. The van der Waals surface area contributed by atoms with Gasteiger partial charge in [0.2, 0.25) is 0 Å². The molecule has 0 fully saturated rings. The van der Waals surface area contributed by atoms with Crippen molar-refractivity contribution in [2.24, 2.45) is 5.92 Å². The zero-order valence-electron chi connectivity index (χ0n) is 8.44. The average molecular weight is 152 g/mol. The summed E-state index contributed by atoms with van der Waals surface area (Å²) in [5.74, 6) is 0.676. The molecular formula is C11H20. The van der Waals surface area contributed by atoms with Crippen molar-refractivity contribution in [1.29, 1.82) is 0 Å². The molecule has 11 heavy (non-hydrogen) atoms. The van der Waals surface area contributed by atoms with E-state index in [9.17, 15) is 0 Å². The van der Waals surface area contributed by atoms with E-state index < -0.39 is 0 Å². The van der Waals surface area contributed by atoms with Gasteiger partial charge < -0.3 is 0 Å². The Kier molecular flexibility index (Phi) is 4.93. The summed E-state index contributed by atoms with van der Waals surface area (Å²) in [6.45, 7) is 11.0. The molecule has 0 rings (SSSR count). The quantitative estimate of drug-likeness (QED) is 0.537. The summed E-state index contributed by atoms with van der Waals surface area (Å²) in [4.78, 5) is 0. The van der Waals surface area contributed by atoms with Crippen LogP contribution < -0.4 is 0 Å². The van der Waals surface area contributed by atoms with Crippen molar-refractivity contribution in [3.05, 3.63) is 23.3 Å². The average Bonchev–Trinajstić information content (AvgIpc) is 1.87. The van der Waals surface area contributed by atoms with Crippen molar-refractivity contribution in [2.45, 2.75) is 41.0 Å². The Bertz CT molecular complexity index is 159. The molecule has 0 heteroatoms. The van der Waals surface area contributed by atoms with Crippen LogP contribution in [0.25, 0.3) is 0 Å². The Morgan fingerprint density at radius 3 is 2.18 bits per heavy atom. The summed E-state index contributed by atoms with van der Waals surface area (Å²) in [7, 11) is 0. The van der Waals surface area contributed by atoms with Gasteiger partial charge in [-0.3, -0.25) is 0 Å². The van der Waals surface area contributed by atoms with Gasteiger partial charge in [-0.1, -0.05) is 44.1 Å². The largest absolute Gasteiger partial charge is 0.0819 e. The molecule has 0 aliphatic carbocycles. The van der Waals surface area contributed by atoms with Crippen LogP contribution in [0, 0.1) is 5.92 Å². The lowest BCUT2D eigenvalue weighted by molar-refractivity contribution is 0.768. The van der Waals surface area contributed by atoms with Gasteiger partial charge in [-0.25, -0.2) is 0 Å². The minimum Gasteiger partial charge on any atom is -0.0819 e. The topological polar surface area (TPSA) is 0 Å². The summed E-state index contributed by atoms with van der Waals surface area (Å²) in [6.07, 6.45) is 5.66. The summed E-state index contributed by atoms with van der Waals surface area (Å²) >= 11 is 0. The summed E-state index contributed by atoms with van der Waals surface area (Å²) in [5, 5.41) is 0. The fourth-order valence-electron chi connectivity index (χ4n) is 0.907. The van der Waals surface area contributed by atoms with Crippen molar-refractivity contribution < 1.29 is 0 Å². The number of hydrogen-bond donors (Lipinski definition) is 0. The molecule has 0 N–H and O–H groups in total. The van der Waals surface area contributed by atoms with Gasteiger partial charge in [0, 0.05) is 0 Å². The third-order valence-corrected chi connectivity index (χ3v) is 1.89. The van der Waals surface area contributed by atoms with E-state index in [4.69, 9.17) is 0 Å². The van der Waals surface area contributed by atoms with E-state index in [0.717, 1.165) is 6.42 Å². The maximum Gasteiger partial charge on any atom is -0.0260 e. The van der Waals surface area contributed by atoms with Gasteiger partial charge in [-0.15, -0.1) is 0 Å². The Morgan fingerprint density at radius 2 is 1.82 bits per heavy atom. The normalized spacial score (nSPS) is 14.4. The van der Waals surface area contributed by atoms with E-state index in [1.807, 2.05) is 0 Å². The van der Waals surface area contributed by atoms with Gasteiger partial charge in [-0.2, -0.15) is 0 Å². The lowest BCUT2D eigenvalue weighted by Gasteiger charge is -2.04. The summed E-state index contributed by atoms with van der Waals surface area (Å²) < 4.78 is 0. The van der Waals surface area contributed by atoms with Crippen molar-refractivity contribution >= 4 is 0 Å². The van der Waals surface area contributed by atoms with Crippen LogP contribution >= 0.6 is 0 Å². The lowest BCUT2D eigenvalue weighted by Crippen LogP contribution is -1.88. The highest BCUT2D eigenvalue weighted by molar-refractivity contribution is 5.21. The molecule has 64 valence electrons. The molecule has 0 heterocycles. The molecule has 0 aromatic carbocycles. The zero-order chi connectivity index (χ0) is 8.85. The van der Waals surface area contributed by atoms with Gasteiger partial charge in [0.15, 0.2) is 0 Å². The minimum absolute atomic E-state index is 0.676. The fourth-order valence-corrected chi connectivity index (χ4v) is 0.907. The minimum atomic E-state index is 0.676. The van der Waals surface area contributed by atoms with E-state index in [0.29, 0.717) is 5.92 Å². The van der Waals surface area contributed by atoms with Gasteiger partial charge in [0.1, 0.15) is 0 Å². The van der Waals surface area contributed by atoms with E-state index in [1.54, 1.807) is 0 Å². The van der Waals surface area contributed by atoms with Crippen molar-refractivity contribution in [1.82, 2.24) is 0 Å². The highest BCUT2D eigenvalue weighted by Crippen LogP contribution is 2.11. The first kappa shape index (κ1) is 10.5. The molecule has 0 aliphatic heterocycles. The number of hydrogen-bond acceptors (Lipinski definition) is 0. The predicted octanol–water partition coefficient (Wildman–Crippen LogP) is 3.95. The predicted molar refractivity (Wildman–Crippen MR) is 52.6 cm³/mol. The van der Waals surface area contributed by atoms with Crippen LogP contribution in [0.5, 0.6) is 0 Å². The van der Waals surface area contributed by atoms with Crippen molar-refractivity contribution in [3.63, 3.8) is 0 Å². The smallest absolute Gasteiger partial charge is 0.0260 e. The zero-order valence-corrected chi connectivity index (χ0v) is 8.44. The number of rotatable bonds is 3. The maximum absolute atomic E-state index is 2.27. The van der Waals surface area contributed by atoms with E-state index in [1.165, 1.54) is 11.1 Å². The maximum atomic E-state index is 2.27. The third kappa shape index (κ3) is 4.83. The van der Waals surface area contributed by atoms with Crippen molar-refractivity contribution in [2.75, 3.05) is 0 Å². The first-order chi connectivity index (χ1) is 5.07. The molecule has 0 nitrogen and oxygen atoms in total. The molecule has 0 saturated carbocycles. The standard InChI is InChI=1S/C11H20/c1-6-7-10(4)8-11(5)9(2)3/h7-9H,6H2,1-5H3. The van der Waals surface area contributed by atoms with E-state index in [2.05, 4.69) is 46.8 Å². The number of allylic oxidation sites excluding steroid dienone is 4. The molecule has 0 bridgehead atoms. The second-order valence-corrected chi connectivity index (χ2v) is 3.40. The molecule has 0 aromatic rings. The highest BCUT2D eigenvalue weighted by atomic mass is 14.0. The SMILES string of the molecule is CCC=C(C)C=C(C)C(C)C. The molecule has 0 amide bonds. The van der Waals surface area contributed by atoms with Crippen LogP contribution in [0.3, 0.4) is 0 Å². The second-order valence-electron chi connectivity index (χ2n) is 3.40. The Labute approximate surface area is 71.0 Å². The molecule has 0 atom stereocenters. The molecule has 0 radical (unpaired) electrons. The first-order valence-corrected chi connectivity index (χ1v) is 4.42. The molecule has 0 aliphatic rings. The van der Waals surface area contributed by atoms with Crippen molar-refractivity contribution in [3.8, 4) is 0 Å². The second kappa shape index (κ2) is 5.17. The molecule has 0 aromatic heterocycles. The van der Waals surface area contributed by atoms with Crippen LogP contribution in [0.15, 0.2) is 23.3 Å². The van der Waals surface area contributed by atoms with Gasteiger partial charge in [0.25, 0.3) is 0 Å². The van der Waals surface area contributed by atoms with E-state index in [-0.39, 0.29) is 0 Å². The van der Waals surface area contributed by atoms with Gasteiger partial charge in [-0.05, 0) is 26.2 Å². The Hall–Kier alpha value is -0.520. The molecule has 0 unspecified atom stereocenters. The van der Waals surface area contributed by atoms with Crippen LogP contribution in [-0.4, -0.2) is 0 Å². The van der Waals surface area contributed by atoms with Gasteiger partial charge >= 0.3 is 0 Å². The molecule has 0 saturated heterocycles. The van der Waals surface area contributed by atoms with Crippen LogP contribution in [0.1, 0.15) is 41.0 Å². The van der Waals surface area contributed by atoms with Crippen LogP contribution in [0.2, 0.25) is 0 Å². The first-order valence-electron chi connectivity index (χ1n) is 4.42. The summed E-state index contributed by atoms with van der Waals surface area (Å²) in [5.41, 5.74) is 2.85. The molecular weight excluding hydrogens is 132 g/mol. The lowest BCUT2D eigenvalue weighted by atomic mass is 10.0. The van der Waals surface area contributed by atoms with Crippen LogP contribution in [-0.2, 0) is 0 Å². The van der Waals surface area contributed by atoms with Gasteiger partial charge in [0.05, 0.1) is 0 Å². The monoisotopic (exact) mass is 152 g/mol. The van der Waals surface area contributed by atoms with Crippen LogP contribution in [0.4, 0.5) is 0 Å². The van der Waals surface area contributed by atoms with E-state index >= 15 is 0 Å². The molecule has 0 spiro atoms. The Morgan fingerprint density at radius 1 is 1.27 bits per heavy atom. The fraction of sp³-hybridized carbons (Fsp3) is 0.636. The third-order valence-electron chi connectivity index (χ3n) is 1.89.